The Bertz CT molecular complexity index is 774. The van der Waals surface area contributed by atoms with Gasteiger partial charge in [0.25, 0.3) is 0 Å². The zero-order chi connectivity index (χ0) is 15.9. The van der Waals surface area contributed by atoms with Crippen LogP contribution in [-0.4, -0.2) is 11.7 Å². The molecule has 0 heterocycles. The third-order valence-corrected chi connectivity index (χ3v) is 3.30. The van der Waals surface area contributed by atoms with Crippen LogP contribution in [0.3, 0.4) is 0 Å². The van der Waals surface area contributed by atoms with Gasteiger partial charge in [0.2, 0.25) is 5.91 Å². The first-order valence-corrected chi connectivity index (χ1v) is 7.17. The minimum absolute atomic E-state index is 0.256. The molecule has 22 heavy (non-hydrogen) atoms. The molecule has 0 aliphatic heterocycles. The number of rotatable bonds is 4. The second-order valence-corrected chi connectivity index (χ2v) is 5.30. The fraction of sp³-hybridized carbons (Fsp3) is 0. The lowest BCUT2D eigenvalue weighted by molar-refractivity contribution is -0.111. The molecule has 0 radical (unpaired) electrons. The Kier molecular flexibility index (Phi) is 5.23. The van der Waals surface area contributed by atoms with Crippen LogP contribution in [0.2, 0.25) is 0 Å². The number of anilines is 1. The number of carbonyl (C=O) groups excluding carboxylic acids is 2. The molecule has 108 valence electrons. The summed E-state index contributed by atoms with van der Waals surface area (Å²) in [5, 5.41) is 11.4. The largest absolute Gasteiger partial charge is 0.322 e. The molecule has 1 N–H and O–H groups in total. The fourth-order valence-electron chi connectivity index (χ4n) is 1.71. The van der Waals surface area contributed by atoms with E-state index < -0.39 is 5.91 Å². The van der Waals surface area contributed by atoms with E-state index in [4.69, 9.17) is 5.26 Å². The predicted molar refractivity (Wildman–Crippen MR) is 87.4 cm³/mol. The lowest BCUT2D eigenvalue weighted by atomic mass is 10.1. The van der Waals surface area contributed by atoms with Crippen molar-refractivity contribution in [3.8, 4) is 6.07 Å². The van der Waals surface area contributed by atoms with Crippen LogP contribution in [0.4, 0.5) is 5.69 Å². The van der Waals surface area contributed by atoms with Crippen molar-refractivity contribution in [3.05, 3.63) is 76.3 Å². The second-order valence-electron chi connectivity index (χ2n) is 4.39. The van der Waals surface area contributed by atoms with Crippen LogP contribution >= 0.6 is 15.9 Å². The summed E-state index contributed by atoms with van der Waals surface area (Å²) in [6.07, 6.45) is 2.39. The number of ketones is 1. The maximum atomic E-state index is 11.9. The van der Waals surface area contributed by atoms with Gasteiger partial charge in [0.05, 0.1) is 11.6 Å². The summed E-state index contributed by atoms with van der Waals surface area (Å²) in [6, 6.07) is 15.4. The number of nitrogens with one attached hydrogen (secondary N) is 1. The quantitative estimate of drug-likeness (QED) is 0.672. The summed E-state index contributed by atoms with van der Waals surface area (Å²) in [5.41, 5.74) is 1.45. The van der Waals surface area contributed by atoms with Gasteiger partial charge in [-0.3, -0.25) is 9.59 Å². The number of hydrogen-bond donors (Lipinski definition) is 1. The van der Waals surface area contributed by atoms with Gasteiger partial charge >= 0.3 is 0 Å². The summed E-state index contributed by atoms with van der Waals surface area (Å²) in [6.45, 7) is 0. The fourth-order valence-corrected chi connectivity index (χ4v) is 1.98. The van der Waals surface area contributed by atoms with Gasteiger partial charge in [-0.15, -0.1) is 0 Å². The van der Waals surface area contributed by atoms with Gasteiger partial charge in [-0.05, 0) is 48.5 Å². The van der Waals surface area contributed by atoms with E-state index in [1.807, 2.05) is 6.07 Å². The number of nitrogens with zero attached hydrogens (tertiary/aromatic N) is 1. The molecule has 0 aromatic heterocycles. The molecule has 2 aromatic rings. The van der Waals surface area contributed by atoms with Crippen molar-refractivity contribution in [2.75, 3.05) is 5.32 Å². The first-order chi connectivity index (χ1) is 10.6. The summed E-state index contributed by atoms with van der Waals surface area (Å²) in [4.78, 5) is 23.6. The molecule has 0 fully saturated rings. The van der Waals surface area contributed by atoms with Gasteiger partial charge in [0, 0.05) is 21.8 Å². The maximum absolute atomic E-state index is 11.9. The molecule has 1 amide bonds. The number of benzene rings is 2. The summed E-state index contributed by atoms with van der Waals surface area (Å²) >= 11 is 3.29. The zero-order valence-electron chi connectivity index (χ0n) is 11.4. The molecule has 0 saturated carbocycles. The van der Waals surface area contributed by atoms with Crippen LogP contribution < -0.4 is 5.32 Å². The van der Waals surface area contributed by atoms with E-state index in [0.717, 1.165) is 4.47 Å². The van der Waals surface area contributed by atoms with Gasteiger partial charge in [0.1, 0.15) is 0 Å². The Hall–Kier alpha value is -2.71. The number of nitriles is 1. The molecule has 2 rings (SSSR count). The van der Waals surface area contributed by atoms with Crippen LogP contribution in [0, 0.1) is 11.3 Å². The average molecular weight is 355 g/mol. The van der Waals surface area contributed by atoms with Gasteiger partial charge in [0.15, 0.2) is 5.78 Å². The van der Waals surface area contributed by atoms with Gasteiger partial charge in [-0.25, -0.2) is 0 Å². The van der Waals surface area contributed by atoms with E-state index in [9.17, 15) is 9.59 Å². The van der Waals surface area contributed by atoms with E-state index >= 15 is 0 Å². The van der Waals surface area contributed by atoms with Crippen molar-refractivity contribution >= 4 is 33.3 Å². The highest BCUT2D eigenvalue weighted by Crippen LogP contribution is 2.12. The van der Waals surface area contributed by atoms with Gasteiger partial charge in [-0.2, -0.15) is 5.26 Å². The molecular weight excluding hydrogens is 344 g/mol. The SMILES string of the molecule is N#Cc1cccc(NC(=O)/C=C/C(=O)c2ccc(Br)cc2)c1. The van der Waals surface area contributed by atoms with Crippen molar-refractivity contribution in [2.45, 2.75) is 0 Å². The Morgan fingerprint density at radius 1 is 1.09 bits per heavy atom. The molecule has 0 bridgehead atoms. The Labute approximate surface area is 136 Å². The minimum Gasteiger partial charge on any atom is -0.322 e. The molecule has 0 atom stereocenters. The topological polar surface area (TPSA) is 70.0 Å². The number of carbonyl (C=O) groups is 2. The van der Waals surface area contributed by atoms with Crippen LogP contribution in [-0.2, 0) is 4.79 Å². The van der Waals surface area contributed by atoms with Crippen molar-refractivity contribution in [1.82, 2.24) is 0 Å². The molecule has 5 heteroatoms. The third-order valence-electron chi connectivity index (χ3n) is 2.77. The smallest absolute Gasteiger partial charge is 0.248 e. The lowest BCUT2D eigenvalue weighted by Gasteiger charge is -2.01. The van der Waals surface area contributed by atoms with Crippen molar-refractivity contribution in [2.24, 2.45) is 0 Å². The Morgan fingerprint density at radius 2 is 1.82 bits per heavy atom. The monoisotopic (exact) mass is 354 g/mol. The van der Waals surface area contributed by atoms with Crippen LogP contribution in [0.5, 0.6) is 0 Å². The van der Waals surface area contributed by atoms with E-state index in [0.29, 0.717) is 16.8 Å². The molecule has 0 aliphatic carbocycles. The second kappa shape index (κ2) is 7.34. The summed E-state index contributed by atoms with van der Waals surface area (Å²) in [7, 11) is 0. The lowest BCUT2D eigenvalue weighted by Crippen LogP contribution is -2.08. The Morgan fingerprint density at radius 3 is 2.50 bits per heavy atom. The zero-order valence-corrected chi connectivity index (χ0v) is 13.0. The normalized spacial score (nSPS) is 10.2. The number of allylic oxidation sites excluding steroid dienone is 1. The van der Waals surface area contributed by atoms with Gasteiger partial charge < -0.3 is 5.32 Å². The molecule has 0 spiro atoms. The summed E-state index contributed by atoms with van der Waals surface area (Å²) < 4.78 is 0.878. The Balaban J connectivity index is 2.00. The van der Waals surface area contributed by atoms with E-state index in [1.165, 1.54) is 12.2 Å². The molecule has 0 aliphatic rings. The first-order valence-electron chi connectivity index (χ1n) is 6.37. The molecular formula is C17H11BrN2O2. The number of halogens is 1. The minimum atomic E-state index is -0.430. The molecule has 4 nitrogen and oxygen atoms in total. The van der Waals surface area contributed by atoms with Gasteiger partial charge in [-0.1, -0.05) is 22.0 Å². The van der Waals surface area contributed by atoms with Crippen molar-refractivity contribution in [1.29, 1.82) is 5.26 Å². The first kappa shape index (κ1) is 15.7. The molecule has 0 saturated heterocycles. The van der Waals surface area contributed by atoms with E-state index in [-0.39, 0.29) is 5.78 Å². The highest BCUT2D eigenvalue weighted by Gasteiger charge is 2.03. The van der Waals surface area contributed by atoms with Crippen LogP contribution in [0.15, 0.2) is 65.2 Å². The predicted octanol–water partition coefficient (Wildman–Crippen LogP) is 3.70. The molecule has 2 aromatic carbocycles. The molecule has 0 unspecified atom stereocenters. The number of hydrogen-bond acceptors (Lipinski definition) is 3. The van der Waals surface area contributed by atoms with Crippen molar-refractivity contribution < 1.29 is 9.59 Å². The standard InChI is InChI=1S/C17H11BrN2O2/c18-14-6-4-13(5-7-14)16(21)8-9-17(22)20-15-3-1-2-12(10-15)11-19/h1-10H,(H,20,22)/b9-8+. The van der Waals surface area contributed by atoms with Crippen LogP contribution in [0.1, 0.15) is 15.9 Å². The highest BCUT2D eigenvalue weighted by atomic mass is 79.9. The highest BCUT2D eigenvalue weighted by molar-refractivity contribution is 9.10. The van der Waals surface area contributed by atoms with Crippen LogP contribution in [0.25, 0.3) is 0 Å². The third kappa shape index (κ3) is 4.40. The summed E-state index contributed by atoms with van der Waals surface area (Å²) in [5.74, 6) is -0.686. The van der Waals surface area contributed by atoms with E-state index in [2.05, 4.69) is 21.2 Å². The van der Waals surface area contributed by atoms with E-state index in [1.54, 1.807) is 48.5 Å². The maximum Gasteiger partial charge on any atom is 0.248 e. The number of amides is 1. The average Bonchev–Trinajstić information content (AvgIpc) is 2.53. The van der Waals surface area contributed by atoms with Crippen molar-refractivity contribution in [3.63, 3.8) is 0 Å².